The van der Waals surface area contributed by atoms with E-state index in [1.54, 1.807) is 17.5 Å². The quantitative estimate of drug-likeness (QED) is 0.913. The first-order valence-corrected chi connectivity index (χ1v) is 7.85. The molecule has 3 rings (SSSR count). The zero-order valence-corrected chi connectivity index (χ0v) is 12.8. The third-order valence-corrected chi connectivity index (χ3v) is 4.59. The number of aromatic nitrogens is 3. The zero-order valence-electron chi connectivity index (χ0n) is 11.2. The summed E-state index contributed by atoms with van der Waals surface area (Å²) in [6.07, 6.45) is 4.07. The molecule has 1 atom stereocenters. The molecular formula is C13H16ClN5S. The van der Waals surface area contributed by atoms with Gasteiger partial charge in [-0.2, -0.15) is 0 Å². The molecular weight excluding hydrogens is 294 g/mol. The van der Waals surface area contributed by atoms with Crippen LogP contribution in [0.25, 0.3) is 10.6 Å². The van der Waals surface area contributed by atoms with Crippen LogP contribution in [0, 0.1) is 6.92 Å². The molecule has 0 unspecified atom stereocenters. The first kappa shape index (κ1) is 13.7. The van der Waals surface area contributed by atoms with Crippen LogP contribution in [0.15, 0.2) is 12.3 Å². The van der Waals surface area contributed by atoms with E-state index in [9.17, 15) is 0 Å². The van der Waals surface area contributed by atoms with E-state index in [1.165, 1.54) is 6.42 Å². The van der Waals surface area contributed by atoms with Gasteiger partial charge in [0, 0.05) is 18.8 Å². The van der Waals surface area contributed by atoms with Crippen LogP contribution < -0.4 is 10.6 Å². The molecule has 0 bridgehead atoms. The van der Waals surface area contributed by atoms with Crippen LogP contribution in [0.4, 0.5) is 5.95 Å². The van der Waals surface area contributed by atoms with Gasteiger partial charge in [-0.15, -0.1) is 11.3 Å². The SMILES string of the molecule is Cc1nc(Cl)c(-c2ccnc(N[C@H]3CCCNC3)n2)s1. The Balaban J connectivity index is 1.80. The Hall–Kier alpha value is -1.24. The minimum absolute atomic E-state index is 0.387. The number of hydrogen-bond donors (Lipinski definition) is 2. The summed E-state index contributed by atoms with van der Waals surface area (Å²) in [5, 5.41) is 8.19. The molecule has 3 heterocycles. The van der Waals surface area contributed by atoms with E-state index in [2.05, 4.69) is 25.6 Å². The Morgan fingerprint density at radius 2 is 2.35 bits per heavy atom. The molecule has 1 aliphatic rings. The number of thiazole rings is 1. The van der Waals surface area contributed by atoms with Crippen molar-refractivity contribution in [3.8, 4) is 10.6 Å². The number of nitrogens with zero attached hydrogens (tertiary/aromatic N) is 3. The van der Waals surface area contributed by atoms with E-state index >= 15 is 0 Å². The third-order valence-electron chi connectivity index (χ3n) is 3.21. The molecule has 0 aliphatic carbocycles. The molecule has 7 heteroatoms. The Morgan fingerprint density at radius 1 is 1.45 bits per heavy atom. The standard InChI is InChI=1S/C13H16ClN5S/c1-8-17-12(14)11(20-8)10-4-6-16-13(19-10)18-9-3-2-5-15-7-9/h4,6,9,15H,2-3,5,7H2,1H3,(H,16,18,19)/t9-/m0/s1. The van der Waals surface area contributed by atoms with Crippen molar-refractivity contribution in [2.24, 2.45) is 0 Å². The molecule has 1 saturated heterocycles. The van der Waals surface area contributed by atoms with Crippen molar-refractivity contribution in [1.29, 1.82) is 0 Å². The van der Waals surface area contributed by atoms with Crippen molar-refractivity contribution in [3.05, 3.63) is 22.4 Å². The molecule has 106 valence electrons. The van der Waals surface area contributed by atoms with Gasteiger partial charge in [-0.3, -0.25) is 0 Å². The number of piperidine rings is 1. The van der Waals surface area contributed by atoms with E-state index in [4.69, 9.17) is 11.6 Å². The molecule has 1 fully saturated rings. The van der Waals surface area contributed by atoms with Gasteiger partial charge in [0.05, 0.1) is 15.6 Å². The van der Waals surface area contributed by atoms with Gasteiger partial charge in [-0.25, -0.2) is 15.0 Å². The van der Waals surface area contributed by atoms with Crippen LogP contribution in [0.3, 0.4) is 0 Å². The van der Waals surface area contributed by atoms with Gasteiger partial charge in [0.15, 0.2) is 0 Å². The van der Waals surface area contributed by atoms with Crippen molar-refractivity contribution in [1.82, 2.24) is 20.3 Å². The van der Waals surface area contributed by atoms with Crippen LogP contribution in [0.5, 0.6) is 0 Å². The number of halogens is 1. The van der Waals surface area contributed by atoms with E-state index in [0.717, 1.165) is 35.1 Å². The third kappa shape index (κ3) is 3.08. The lowest BCUT2D eigenvalue weighted by atomic mass is 10.1. The average molecular weight is 310 g/mol. The lowest BCUT2D eigenvalue weighted by Crippen LogP contribution is -2.38. The van der Waals surface area contributed by atoms with Gasteiger partial charge in [-0.1, -0.05) is 11.6 Å². The number of anilines is 1. The molecule has 5 nitrogen and oxygen atoms in total. The van der Waals surface area contributed by atoms with Gasteiger partial charge in [0.1, 0.15) is 5.15 Å². The Kier molecular flexibility index (Phi) is 4.14. The number of aryl methyl sites for hydroxylation is 1. The topological polar surface area (TPSA) is 62.7 Å². The maximum atomic E-state index is 6.13. The van der Waals surface area contributed by atoms with Crippen LogP contribution in [0.1, 0.15) is 17.8 Å². The summed E-state index contributed by atoms with van der Waals surface area (Å²) in [6, 6.07) is 2.25. The minimum atomic E-state index is 0.387. The largest absolute Gasteiger partial charge is 0.350 e. The van der Waals surface area contributed by atoms with Crippen molar-refractivity contribution < 1.29 is 0 Å². The van der Waals surface area contributed by atoms with E-state index in [-0.39, 0.29) is 0 Å². The van der Waals surface area contributed by atoms with Gasteiger partial charge in [-0.05, 0) is 32.4 Å². The van der Waals surface area contributed by atoms with E-state index in [0.29, 0.717) is 17.1 Å². The second-order valence-electron chi connectivity index (χ2n) is 4.81. The summed E-state index contributed by atoms with van der Waals surface area (Å²) in [5.74, 6) is 0.651. The molecule has 2 N–H and O–H groups in total. The number of nitrogens with one attached hydrogen (secondary N) is 2. The molecule has 20 heavy (non-hydrogen) atoms. The Bertz CT molecular complexity index is 594. The maximum Gasteiger partial charge on any atom is 0.223 e. The van der Waals surface area contributed by atoms with Crippen LogP contribution in [0.2, 0.25) is 5.15 Å². The lowest BCUT2D eigenvalue weighted by Gasteiger charge is -2.23. The van der Waals surface area contributed by atoms with Gasteiger partial charge in [0.2, 0.25) is 5.95 Å². The van der Waals surface area contributed by atoms with E-state index in [1.807, 2.05) is 13.0 Å². The Labute approximate surface area is 126 Å². The second kappa shape index (κ2) is 6.03. The highest BCUT2D eigenvalue weighted by Gasteiger charge is 2.15. The summed E-state index contributed by atoms with van der Waals surface area (Å²) in [6.45, 7) is 3.98. The highest BCUT2D eigenvalue weighted by atomic mass is 35.5. The Morgan fingerprint density at radius 3 is 3.05 bits per heavy atom. The molecule has 0 aromatic carbocycles. The summed E-state index contributed by atoms with van der Waals surface area (Å²) in [4.78, 5) is 14.0. The fourth-order valence-corrected chi connectivity index (χ4v) is 3.44. The molecule has 2 aromatic heterocycles. The molecule has 1 aliphatic heterocycles. The van der Waals surface area contributed by atoms with E-state index < -0.39 is 0 Å². The molecule has 2 aromatic rings. The number of rotatable bonds is 3. The van der Waals surface area contributed by atoms with Crippen molar-refractivity contribution in [2.75, 3.05) is 18.4 Å². The number of hydrogen-bond acceptors (Lipinski definition) is 6. The summed E-state index contributed by atoms with van der Waals surface area (Å²) < 4.78 is 0. The fourth-order valence-electron chi connectivity index (χ4n) is 2.27. The molecule has 0 saturated carbocycles. The smallest absolute Gasteiger partial charge is 0.223 e. The summed E-state index contributed by atoms with van der Waals surface area (Å²) in [7, 11) is 0. The van der Waals surface area contributed by atoms with Gasteiger partial charge < -0.3 is 10.6 Å². The van der Waals surface area contributed by atoms with Crippen LogP contribution >= 0.6 is 22.9 Å². The monoisotopic (exact) mass is 309 g/mol. The predicted octanol–water partition coefficient (Wildman–Crippen LogP) is 2.73. The first-order chi connectivity index (χ1) is 9.72. The maximum absolute atomic E-state index is 6.13. The highest BCUT2D eigenvalue weighted by molar-refractivity contribution is 7.15. The van der Waals surface area contributed by atoms with Gasteiger partial charge in [0.25, 0.3) is 0 Å². The average Bonchev–Trinajstić information content (AvgIpc) is 2.79. The van der Waals surface area contributed by atoms with Crippen molar-refractivity contribution in [2.45, 2.75) is 25.8 Å². The molecule has 0 amide bonds. The first-order valence-electron chi connectivity index (χ1n) is 6.66. The predicted molar refractivity (Wildman–Crippen MR) is 82.4 cm³/mol. The van der Waals surface area contributed by atoms with Crippen molar-refractivity contribution in [3.63, 3.8) is 0 Å². The summed E-state index contributed by atoms with van der Waals surface area (Å²) in [5.41, 5.74) is 0.821. The second-order valence-corrected chi connectivity index (χ2v) is 6.37. The normalized spacial score (nSPS) is 19.0. The minimum Gasteiger partial charge on any atom is -0.350 e. The highest BCUT2D eigenvalue weighted by Crippen LogP contribution is 2.32. The summed E-state index contributed by atoms with van der Waals surface area (Å²) >= 11 is 7.68. The van der Waals surface area contributed by atoms with Crippen LogP contribution in [-0.4, -0.2) is 34.1 Å². The fraction of sp³-hybridized carbons (Fsp3) is 0.462. The van der Waals surface area contributed by atoms with Crippen molar-refractivity contribution >= 4 is 28.9 Å². The van der Waals surface area contributed by atoms with Crippen LogP contribution in [-0.2, 0) is 0 Å². The lowest BCUT2D eigenvalue weighted by molar-refractivity contribution is 0.478. The molecule has 0 spiro atoms. The van der Waals surface area contributed by atoms with Gasteiger partial charge >= 0.3 is 0 Å². The zero-order chi connectivity index (χ0) is 13.9. The molecule has 0 radical (unpaired) electrons.